The summed E-state index contributed by atoms with van der Waals surface area (Å²) in [6.07, 6.45) is 0. The lowest BCUT2D eigenvalue weighted by Crippen LogP contribution is -2.09. The standard InChI is InChI=1S/C60H41N/c1-2-12-47(13-3-1)59-40-33-48-15-7-9-19-58(48)60(59)50-31-38-55(39-32-50)61(54-36-29-45(30-37-54)52-26-23-42-11-4-5-16-51(42)41-52)53-34-27-44(28-35-53)43-21-24-49(25-22-43)57-20-10-17-46-14-6-8-18-56(46)57/h1-41H/i27D,28D,29D,30D,31D,32D,34D,35D,36D,37D,38D,39D. The first-order valence-corrected chi connectivity index (χ1v) is 20.0. The van der Waals surface area contributed by atoms with Crippen LogP contribution < -0.4 is 4.90 Å². The van der Waals surface area contributed by atoms with E-state index in [2.05, 4.69) is 0 Å². The monoisotopic (exact) mass is 787 g/mol. The lowest BCUT2D eigenvalue weighted by atomic mass is 9.89. The second-order valence-corrected chi connectivity index (χ2v) is 14.7. The Labute approximate surface area is 373 Å². The van der Waals surface area contributed by atoms with Crippen molar-refractivity contribution >= 4 is 49.4 Å². The SMILES string of the molecule is [2H]c1c([2H])c(N(c2c([2H])c([2H])c(-c3ccc4ccccc4c3)c([2H])c2[2H])c2c([2H])c([2H])c(-c3c(-c4ccccc4)ccc4ccccc34)c([2H])c2[2H])c([2H])c([2H])c1-c1ccc(-c2cccc3ccccc23)cc1. The smallest absolute Gasteiger partial charge is 0.0645 e. The molecule has 0 saturated carbocycles. The molecule has 11 aromatic rings. The molecule has 0 bridgehead atoms. The quantitative estimate of drug-likeness (QED) is 0.148. The minimum atomic E-state index is -0.677. The molecule has 61 heavy (non-hydrogen) atoms. The van der Waals surface area contributed by atoms with E-state index in [0.717, 1.165) is 48.5 Å². The van der Waals surface area contributed by atoms with Crippen LogP contribution >= 0.6 is 0 Å². The van der Waals surface area contributed by atoms with Crippen LogP contribution in [0.25, 0.3) is 88.0 Å². The molecule has 0 heterocycles. The zero-order valence-electron chi connectivity index (χ0n) is 44.7. The molecule has 1 nitrogen and oxygen atoms in total. The molecule has 0 amide bonds. The number of hydrogen-bond donors (Lipinski definition) is 0. The zero-order valence-corrected chi connectivity index (χ0v) is 32.7. The van der Waals surface area contributed by atoms with Crippen molar-refractivity contribution < 1.29 is 16.4 Å². The van der Waals surface area contributed by atoms with Crippen LogP contribution in [0.5, 0.6) is 0 Å². The Balaban J connectivity index is 1.16. The molecule has 0 aliphatic carbocycles. The molecule has 0 radical (unpaired) electrons. The minimum Gasteiger partial charge on any atom is -0.311 e. The van der Waals surface area contributed by atoms with Crippen molar-refractivity contribution in [2.45, 2.75) is 0 Å². The number of fused-ring (bicyclic) bond motifs is 3. The van der Waals surface area contributed by atoms with Crippen LogP contribution in [0.2, 0.25) is 0 Å². The van der Waals surface area contributed by atoms with Crippen LogP contribution in [0.3, 0.4) is 0 Å². The van der Waals surface area contributed by atoms with Gasteiger partial charge in [0.25, 0.3) is 0 Å². The van der Waals surface area contributed by atoms with Gasteiger partial charge in [0.15, 0.2) is 0 Å². The summed E-state index contributed by atoms with van der Waals surface area (Å²) < 4.78 is 116. The second kappa shape index (κ2) is 15.6. The molecule has 0 unspecified atom stereocenters. The molecular weight excluding hydrogens is 735 g/mol. The number of benzene rings is 11. The number of nitrogens with zero attached hydrogens (tertiary/aromatic N) is 1. The predicted molar refractivity (Wildman–Crippen MR) is 261 cm³/mol. The Morgan fingerprint density at radius 3 is 1.39 bits per heavy atom. The molecule has 0 atom stereocenters. The summed E-state index contributed by atoms with van der Waals surface area (Å²) in [6, 6.07) is 47.2. The molecule has 1 heteroatoms. The molecule has 0 aliphatic heterocycles. The van der Waals surface area contributed by atoms with Gasteiger partial charge in [-0.1, -0.05) is 206 Å². The van der Waals surface area contributed by atoms with Crippen molar-refractivity contribution in [3.63, 3.8) is 0 Å². The van der Waals surface area contributed by atoms with E-state index in [4.69, 9.17) is 0 Å². The molecule has 11 rings (SSSR count). The van der Waals surface area contributed by atoms with Gasteiger partial charge in [0, 0.05) is 17.1 Å². The highest BCUT2D eigenvalue weighted by Gasteiger charge is 2.17. The van der Waals surface area contributed by atoms with Crippen molar-refractivity contribution in [2.75, 3.05) is 4.90 Å². The molecule has 11 aromatic carbocycles. The third kappa shape index (κ3) is 6.93. The van der Waals surface area contributed by atoms with Gasteiger partial charge in [0.2, 0.25) is 0 Å². The summed E-state index contributed by atoms with van der Waals surface area (Å²) in [5.41, 5.74) is 2.45. The Morgan fingerprint density at radius 1 is 0.262 bits per heavy atom. The second-order valence-electron chi connectivity index (χ2n) is 14.7. The first kappa shape index (κ1) is 25.5. The van der Waals surface area contributed by atoms with Gasteiger partial charge in [-0.2, -0.15) is 0 Å². The molecule has 0 aliphatic rings. The van der Waals surface area contributed by atoms with Gasteiger partial charge in [-0.25, -0.2) is 0 Å². The van der Waals surface area contributed by atoms with Crippen molar-refractivity contribution in [2.24, 2.45) is 0 Å². The highest BCUT2D eigenvalue weighted by atomic mass is 15.1. The van der Waals surface area contributed by atoms with Crippen LogP contribution in [0.15, 0.2) is 248 Å². The molecule has 0 spiro atoms. The highest BCUT2D eigenvalue weighted by Crippen LogP contribution is 2.42. The van der Waals surface area contributed by atoms with E-state index in [-0.39, 0.29) is 16.7 Å². The molecule has 0 saturated heterocycles. The topological polar surface area (TPSA) is 3.24 Å². The van der Waals surface area contributed by atoms with Crippen LogP contribution in [0.1, 0.15) is 16.4 Å². The fraction of sp³-hybridized carbons (Fsp3) is 0. The first-order valence-electron chi connectivity index (χ1n) is 26.0. The summed E-state index contributed by atoms with van der Waals surface area (Å²) in [5.74, 6) is 0. The maximum atomic E-state index is 9.84. The third-order valence-corrected chi connectivity index (χ3v) is 11.1. The van der Waals surface area contributed by atoms with Gasteiger partial charge < -0.3 is 4.90 Å². The molecule has 0 aromatic heterocycles. The van der Waals surface area contributed by atoms with E-state index in [1.807, 2.05) is 152 Å². The Morgan fingerprint density at radius 2 is 0.721 bits per heavy atom. The minimum absolute atomic E-state index is 0.0504. The van der Waals surface area contributed by atoms with Crippen molar-refractivity contribution in [1.82, 2.24) is 0 Å². The Bertz CT molecular complexity index is 3970. The zero-order chi connectivity index (χ0) is 51.0. The van der Waals surface area contributed by atoms with Crippen molar-refractivity contribution in [3.05, 3.63) is 248 Å². The van der Waals surface area contributed by atoms with Crippen molar-refractivity contribution in [3.8, 4) is 55.6 Å². The average molecular weight is 788 g/mol. The normalized spacial score (nSPS) is 14.0. The van der Waals surface area contributed by atoms with E-state index in [9.17, 15) is 16.4 Å². The average Bonchev–Trinajstić information content (AvgIpc) is 3.42. The largest absolute Gasteiger partial charge is 0.311 e. The van der Waals surface area contributed by atoms with Crippen LogP contribution in [0, 0.1) is 0 Å². The lowest BCUT2D eigenvalue weighted by molar-refractivity contribution is 1.28. The van der Waals surface area contributed by atoms with Crippen LogP contribution in [-0.2, 0) is 0 Å². The molecule has 286 valence electrons. The Kier molecular flexibility index (Phi) is 6.53. The highest BCUT2D eigenvalue weighted by molar-refractivity contribution is 6.04. The maximum Gasteiger partial charge on any atom is 0.0645 e. The van der Waals surface area contributed by atoms with Crippen molar-refractivity contribution in [1.29, 1.82) is 0 Å². The van der Waals surface area contributed by atoms with Crippen LogP contribution in [-0.4, -0.2) is 0 Å². The van der Waals surface area contributed by atoms with E-state index < -0.39 is 89.6 Å². The van der Waals surface area contributed by atoms with Gasteiger partial charge >= 0.3 is 0 Å². The maximum absolute atomic E-state index is 9.84. The molecule has 0 fully saturated rings. The van der Waals surface area contributed by atoms with E-state index in [0.29, 0.717) is 27.6 Å². The first-order chi connectivity index (χ1) is 35.3. The van der Waals surface area contributed by atoms with Crippen LogP contribution in [0.4, 0.5) is 17.1 Å². The fourth-order valence-corrected chi connectivity index (χ4v) is 8.04. The van der Waals surface area contributed by atoms with E-state index in [1.165, 1.54) is 0 Å². The summed E-state index contributed by atoms with van der Waals surface area (Å²) in [7, 11) is 0. The van der Waals surface area contributed by atoms with E-state index >= 15 is 0 Å². The summed E-state index contributed by atoms with van der Waals surface area (Å²) in [4.78, 5) is 0.866. The fourth-order valence-electron chi connectivity index (χ4n) is 8.04. The van der Waals surface area contributed by atoms with Gasteiger partial charge in [-0.05, 0) is 130 Å². The van der Waals surface area contributed by atoms with E-state index in [1.54, 1.807) is 24.3 Å². The van der Waals surface area contributed by atoms with Gasteiger partial charge in [0.05, 0.1) is 16.4 Å². The third-order valence-electron chi connectivity index (χ3n) is 11.1. The molecular formula is C60H41N. The van der Waals surface area contributed by atoms with Gasteiger partial charge in [-0.15, -0.1) is 0 Å². The summed E-state index contributed by atoms with van der Waals surface area (Å²) in [5, 5.41) is 5.20. The van der Waals surface area contributed by atoms with Gasteiger partial charge in [0.1, 0.15) is 0 Å². The predicted octanol–water partition coefficient (Wildman–Crippen LogP) is 17.0. The number of rotatable bonds is 8. The number of anilines is 3. The summed E-state index contributed by atoms with van der Waals surface area (Å²) in [6.45, 7) is 0. The lowest BCUT2D eigenvalue weighted by Gasteiger charge is -2.26. The number of hydrogen-bond acceptors (Lipinski definition) is 1. The Hall–Kier alpha value is -8.00. The molecule has 0 N–H and O–H groups in total. The summed E-state index contributed by atoms with van der Waals surface area (Å²) >= 11 is 0. The van der Waals surface area contributed by atoms with Gasteiger partial charge in [-0.3, -0.25) is 0 Å².